The van der Waals surface area contributed by atoms with Gasteiger partial charge in [-0.15, -0.1) is 0 Å². The van der Waals surface area contributed by atoms with Crippen LogP contribution in [0.25, 0.3) is 0 Å². The van der Waals surface area contributed by atoms with Gasteiger partial charge in [-0.05, 0) is 31.6 Å². The van der Waals surface area contributed by atoms with Gasteiger partial charge in [0.25, 0.3) is 0 Å². The molecule has 0 aromatic carbocycles. The summed E-state index contributed by atoms with van der Waals surface area (Å²) in [5, 5.41) is 0. The first kappa shape index (κ1) is 9.97. The Morgan fingerprint density at radius 1 is 1.43 bits per heavy atom. The summed E-state index contributed by atoms with van der Waals surface area (Å²) in [6.45, 7) is 2.59. The summed E-state index contributed by atoms with van der Waals surface area (Å²) < 4.78 is 10.6. The molecule has 3 nitrogen and oxygen atoms in total. The zero-order valence-electron chi connectivity index (χ0n) is 8.70. The van der Waals surface area contributed by atoms with E-state index in [0.29, 0.717) is 31.2 Å². The summed E-state index contributed by atoms with van der Waals surface area (Å²) in [5.74, 6) is 0.492. The second-order valence-corrected chi connectivity index (χ2v) is 4.33. The summed E-state index contributed by atoms with van der Waals surface area (Å²) in [4.78, 5) is 11.1. The highest BCUT2D eigenvalue weighted by molar-refractivity contribution is 5.69. The van der Waals surface area contributed by atoms with Gasteiger partial charge in [0.15, 0.2) is 0 Å². The van der Waals surface area contributed by atoms with Crippen molar-refractivity contribution < 1.29 is 14.3 Å². The Morgan fingerprint density at radius 3 is 3.00 bits per heavy atom. The van der Waals surface area contributed by atoms with E-state index in [4.69, 9.17) is 9.47 Å². The lowest BCUT2D eigenvalue weighted by Crippen LogP contribution is -2.20. The highest BCUT2D eigenvalue weighted by Crippen LogP contribution is 2.39. The molecule has 0 aromatic rings. The molecular weight excluding hydrogens is 180 g/mol. The molecular formula is C11H18O3. The van der Waals surface area contributed by atoms with Crippen LogP contribution < -0.4 is 0 Å². The molecule has 1 saturated heterocycles. The highest BCUT2D eigenvalue weighted by atomic mass is 16.6. The first-order chi connectivity index (χ1) is 6.79. The predicted octanol–water partition coefficient (Wildman–Crippen LogP) is 1.90. The Kier molecular flexibility index (Phi) is 3.06. The Morgan fingerprint density at radius 2 is 2.29 bits per heavy atom. The zero-order valence-corrected chi connectivity index (χ0v) is 8.70. The predicted molar refractivity (Wildman–Crippen MR) is 51.9 cm³/mol. The van der Waals surface area contributed by atoms with Crippen molar-refractivity contribution in [2.24, 2.45) is 5.92 Å². The van der Waals surface area contributed by atoms with Crippen LogP contribution in [0.1, 0.15) is 39.0 Å². The van der Waals surface area contributed by atoms with Crippen molar-refractivity contribution in [3.05, 3.63) is 0 Å². The third-order valence-electron chi connectivity index (χ3n) is 3.05. The minimum atomic E-state index is -0.0497. The maximum Gasteiger partial charge on any atom is 0.305 e. The van der Waals surface area contributed by atoms with Gasteiger partial charge in [0.1, 0.15) is 0 Å². The molecule has 1 aliphatic carbocycles. The molecule has 14 heavy (non-hydrogen) atoms. The molecule has 2 rings (SSSR count). The van der Waals surface area contributed by atoms with E-state index in [2.05, 4.69) is 0 Å². The molecule has 80 valence electrons. The lowest BCUT2D eigenvalue weighted by Gasteiger charge is -2.18. The molecule has 0 amide bonds. The quantitative estimate of drug-likeness (QED) is 0.511. The molecule has 3 atom stereocenters. The number of carbonyl (C=O) groups excluding carboxylic acids is 1. The molecule has 1 aliphatic heterocycles. The molecule has 0 radical (unpaired) electrons. The fourth-order valence-corrected chi connectivity index (χ4v) is 2.13. The summed E-state index contributed by atoms with van der Waals surface area (Å²) in [6.07, 6.45) is 5.84. The maximum atomic E-state index is 11.1. The summed E-state index contributed by atoms with van der Waals surface area (Å²) >= 11 is 0. The minimum Gasteiger partial charge on any atom is -0.465 e. The number of epoxide rings is 1. The van der Waals surface area contributed by atoms with Gasteiger partial charge in [0.05, 0.1) is 18.8 Å². The second-order valence-electron chi connectivity index (χ2n) is 4.33. The van der Waals surface area contributed by atoms with Crippen molar-refractivity contribution in [1.29, 1.82) is 0 Å². The summed E-state index contributed by atoms with van der Waals surface area (Å²) in [6, 6.07) is 0. The van der Waals surface area contributed by atoms with Crippen LogP contribution in [0.2, 0.25) is 0 Å². The molecule has 0 spiro atoms. The van der Waals surface area contributed by atoms with Gasteiger partial charge in [-0.2, -0.15) is 0 Å². The minimum absolute atomic E-state index is 0.0497. The topological polar surface area (TPSA) is 38.8 Å². The lowest BCUT2D eigenvalue weighted by atomic mass is 9.90. The summed E-state index contributed by atoms with van der Waals surface area (Å²) in [7, 11) is 0. The van der Waals surface area contributed by atoms with E-state index in [1.165, 1.54) is 0 Å². The van der Waals surface area contributed by atoms with Gasteiger partial charge in [-0.1, -0.05) is 6.92 Å². The van der Waals surface area contributed by atoms with Gasteiger partial charge in [-0.3, -0.25) is 4.79 Å². The van der Waals surface area contributed by atoms with E-state index in [9.17, 15) is 4.79 Å². The Labute approximate surface area is 84.8 Å². The fraction of sp³-hybridized carbons (Fsp3) is 0.909. The third kappa shape index (κ3) is 2.47. The molecule has 3 unspecified atom stereocenters. The van der Waals surface area contributed by atoms with Gasteiger partial charge in [0.2, 0.25) is 0 Å². The van der Waals surface area contributed by atoms with Gasteiger partial charge in [0, 0.05) is 6.42 Å². The molecule has 0 N–H and O–H groups in total. The third-order valence-corrected chi connectivity index (χ3v) is 3.05. The molecule has 0 bridgehead atoms. The van der Waals surface area contributed by atoms with Crippen LogP contribution in [-0.2, 0) is 14.3 Å². The van der Waals surface area contributed by atoms with Crippen LogP contribution >= 0.6 is 0 Å². The van der Waals surface area contributed by atoms with E-state index >= 15 is 0 Å². The Hall–Kier alpha value is -0.570. The maximum absolute atomic E-state index is 11.1. The van der Waals surface area contributed by atoms with Crippen LogP contribution in [0.15, 0.2) is 0 Å². The van der Waals surface area contributed by atoms with Crippen LogP contribution in [-0.4, -0.2) is 24.8 Å². The van der Waals surface area contributed by atoms with Crippen molar-refractivity contribution in [3.63, 3.8) is 0 Å². The van der Waals surface area contributed by atoms with Crippen LogP contribution in [0.5, 0.6) is 0 Å². The molecule has 2 aliphatic rings. The smallest absolute Gasteiger partial charge is 0.305 e. The zero-order chi connectivity index (χ0) is 9.97. The number of hydrogen-bond acceptors (Lipinski definition) is 3. The molecule has 3 heteroatoms. The number of ether oxygens (including phenoxy) is 2. The van der Waals surface area contributed by atoms with Crippen molar-refractivity contribution in [1.82, 2.24) is 0 Å². The van der Waals surface area contributed by atoms with E-state index in [-0.39, 0.29) is 5.97 Å². The lowest BCUT2D eigenvalue weighted by molar-refractivity contribution is -0.145. The first-order valence-corrected chi connectivity index (χ1v) is 5.60. The molecule has 2 fully saturated rings. The number of hydrogen-bond donors (Lipinski definition) is 0. The van der Waals surface area contributed by atoms with E-state index in [1.807, 2.05) is 6.92 Å². The Balaban J connectivity index is 1.62. The van der Waals surface area contributed by atoms with E-state index < -0.39 is 0 Å². The van der Waals surface area contributed by atoms with Crippen molar-refractivity contribution >= 4 is 5.97 Å². The van der Waals surface area contributed by atoms with Crippen molar-refractivity contribution in [2.75, 3.05) is 6.61 Å². The number of rotatable bonds is 4. The SMILES string of the molecule is CCCC(=O)OCC1CCC2OC2C1. The number of esters is 1. The first-order valence-electron chi connectivity index (χ1n) is 5.60. The number of fused-ring (bicyclic) bond motifs is 1. The van der Waals surface area contributed by atoms with Crippen molar-refractivity contribution in [2.45, 2.75) is 51.2 Å². The summed E-state index contributed by atoms with van der Waals surface area (Å²) in [5.41, 5.74) is 0. The standard InChI is InChI=1S/C11H18O3/c1-2-3-11(12)13-7-8-4-5-9-10(6-8)14-9/h8-10H,2-7H2,1H3. The largest absolute Gasteiger partial charge is 0.465 e. The monoisotopic (exact) mass is 198 g/mol. The van der Waals surface area contributed by atoms with Crippen LogP contribution in [0, 0.1) is 5.92 Å². The van der Waals surface area contributed by atoms with Crippen LogP contribution in [0.3, 0.4) is 0 Å². The van der Waals surface area contributed by atoms with E-state index in [0.717, 1.165) is 25.7 Å². The van der Waals surface area contributed by atoms with Gasteiger partial charge >= 0.3 is 5.97 Å². The van der Waals surface area contributed by atoms with Gasteiger partial charge in [-0.25, -0.2) is 0 Å². The average Bonchev–Trinajstić information content (AvgIpc) is 2.93. The van der Waals surface area contributed by atoms with Crippen molar-refractivity contribution in [3.8, 4) is 0 Å². The fourth-order valence-electron chi connectivity index (χ4n) is 2.13. The highest BCUT2D eigenvalue weighted by Gasteiger charge is 2.43. The second kappa shape index (κ2) is 4.30. The molecule has 0 aromatic heterocycles. The molecule has 1 saturated carbocycles. The van der Waals surface area contributed by atoms with E-state index in [1.54, 1.807) is 0 Å². The average molecular weight is 198 g/mol. The van der Waals surface area contributed by atoms with Crippen LogP contribution in [0.4, 0.5) is 0 Å². The van der Waals surface area contributed by atoms with Gasteiger partial charge < -0.3 is 9.47 Å². The Bertz CT molecular complexity index is 215. The number of carbonyl (C=O) groups is 1. The normalized spacial score (nSPS) is 34.8. The molecule has 1 heterocycles.